The maximum Gasteiger partial charge on any atom is 0.161 e. The first-order valence-electron chi connectivity index (χ1n) is 7.53. The van der Waals surface area contributed by atoms with Crippen LogP contribution in [0, 0.1) is 6.92 Å². The molecule has 1 unspecified atom stereocenters. The summed E-state index contributed by atoms with van der Waals surface area (Å²) >= 11 is 0. The fourth-order valence-corrected chi connectivity index (χ4v) is 2.83. The van der Waals surface area contributed by atoms with Crippen molar-refractivity contribution in [2.75, 3.05) is 13.2 Å². The molecule has 1 aliphatic heterocycles. The van der Waals surface area contributed by atoms with Crippen molar-refractivity contribution < 1.29 is 14.3 Å². The van der Waals surface area contributed by atoms with Gasteiger partial charge < -0.3 is 14.3 Å². The van der Waals surface area contributed by atoms with Crippen LogP contribution in [-0.4, -0.2) is 19.5 Å². The Hall–Kier alpha value is -2.29. The number of aryl methyl sites for hydroxylation is 1. The topological polar surface area (TPSA) is 35.5 Å². The maximum atomic E-state index is 11.8. The quantitative estimate of drug-likeness (QED) is 0.811. The SMILES string of the molecule is Cc1cccc(C(C)(C=O)Cc2ccc3c(c2)OCCO3)c1. The summed E-state index contributed by atoms with van der Waals surface area (Å²) in [5.41, 5.74) is 2.72. The summed E-state index contributed by atoms with van der Waals surface area (Å²) in [6, 6.07) is 14.0. The van der Waals surface area contributed by atoms with Gasteiger partial charge >= 0.3 is 0 Å². The average Bonchev–Trinajstić information content (AvgIpc) is 2.54. The Morgan fingerprint density at radius 3 is 2.59 bits per heavy atom. The number of carbonyl (C=O) groups is 1. The third-order valence-corrected chi connectivity index (χ3v) is 4.12. The predicted molar refractivity (Wildman–Crippen MR) is 85.7 cm³/mol. The molecule has 0 bridgehead atoms. The monoisotopic (exact) mass is 296 g/mol. The van der Waals surface area contributed by atoms with E-state index in [1.165, 1.54) is 0 Å². The molecule has 0 saturated heterocycles. The van der Waals surface area contributed by atoms with Gasteiger partial charge in [-0.15, -0.1) is 0 Å². The van der Waals surface area contributed by atoms with Crippen LogP contribution in [0.15, 0.2) is 42.5 Å². The molecular formula is C19H20O3. The molecular weight excluding hydrogens is 276 g/mol. The van der Waals surface area contributed by atoms with E-state index >= 15 is 0 Å². The molecule has 22 heavy (non-hydrogen) atoms. The van der Waals surface area contributed by atoms with Gasteiger partial charge in [0, 0.05) is 0 Å². The summed E-state index contributed by atoms with van der Waals surface area (Å²) in [6.45, 7) is 5.17. The van der Waals surface area contributed by atoms with Crippen molar-refractivity contribution in [1.82, 2.24) is 0 Å². The van der Waals surface area contributed by atoms with Crippen molar-refractivity contribution in [2.24, 2.45) is 0 Å². The molecule has 0 fully saturated rings. The predicted octanol–water partition coefficient (Wildman–Crippen LogP) is 3.47. The van der Waals surface area contributed by atoms with Crippen molar-refractivity contribution >= 4 is 6.29 Å². The van der Waals surface area contributed by atoms with Gasteiger partial charge in [-0.3, -0.25) is 0 Å². The Morgan fingerprint density at radius 1 is 1.09 bits per heavy atom. The Labute approximate surface area is 130 Å². The van der Waals surface area contributed by atoms with Crippen LogP contribution >= 0.6 is 0 Å². The number of rotatable bonds is 4. The highest BCUT2D eigenvalue weighted by atomic mass is 16.6. The second kappa shape index (κ2) is 5.84. The summed E-state index contributed by atoms with van der Waals surface area (Å²) in [7, 11) is 0. The fraction of sp³-hybridized carbons (Fsp3) is 0.316. The van der Waals surface area contributed by atoms with Crippen LogP contribution in [0.25, 0.3) is 0 Å². The minimum absolute atomic E-state index is 0.546. The van der Waals surface area contributed by atoms with Crippen molar-refractivity contribution in [3.63, 3.8) is 0 Å². The number of carbonyl (C=O) groups excluding carboxylic acids is 1. The van der Waals surface area contributed by atoms with E-state index in [0.717, 1.165) is 34.5 Å². The number of hydrogen-bond donors (Lipinski definition) is 0. The average molecular weight is 296 g/mol. The Morgan fingerprint density at radius 2 is 1.86 bits per heavy atom. The van der Waals surface area contributed by atoms with Gasteiger partial charge in [0.05, 0.1) is 5.41 Å². The van der Waals surface area contributed by atoms with Gasteiger partial charge in [0.2, 0.25) is 0 Å². The van der Waals surface area contributed by atoms with E-state index < -0.39 is 5.41 Å². The second-order valence-corrected chi connectivity index (χ2v) is 6.06. The lowest BCUT2D eigenvalue weighted by Crippen LogP contribution is -2.27. The highest BCUT2D eigenvalue weighted by molar-refractivity contribution is 5.69. The maximum absolute atomic E-state index is 11.8. The van der Waals surface area contributed by atoms with E-state index in [0.29, 0.717) is 19.6 Å². The zero-order chi connectivity index (χ0) is 15.6. The van der Waals surface area contributed by atoms with Crippen LogP contribution < -0.4 is 9.47 Å². The molecule has 1 heterocycles. The van der Waals surface area contributed by atoms with Crippen LogP contribution in [0.2, 0.25) is 0 Å². The largest absolute Gasteiger partial charge is 0.486 e. The fourth-order valence-electron chi connectivity index (χ4n) is 2.83. The highest BCUT2D eigenvalue weighted by Crippen LogP contribution is 2.34. The van der Waals surface area contributed by atoms with Gasteiger partial charge in [-0.05, 0) is 43.5 Å². The molecule has 0 spiro atoms. The third kappa shape index (κ3) is 2.84. The highest BCUT2D eigenvalue weighted by Gasteiger charge is 2.27. The van der Waals surface area contributed by atoms with Crippen LogP contribution in [0.4, 0.5) is 0 Å². The van der Waals surface area contributed by atoms with Crippen LogP contribution in [0.5, 0.6) is 11.5 Å². The standard InChI is InChI=1S/C19H20O3/c1-14-4-3-5-16(10-14)19(2,13-20)12-15-6-7-17-18(11-15)22-9-8-21-17/h3-7,10-11,13H,8-9,12H2,1-2H3. The van der Waals surface area contributed by atoms with E-state index in [4.69, 9.17) is 9.47 Å². The zero-order valence-corrected chi connectivity index (χ0v) is 13.0. The van der Waals surface area contributed by atoms with E-state index in [2.05, 4.69) is 6.07 Å². The number of fused-ring (bicyclic) bond motifs is 1. The Bertz CT molecular complexity index is 693. The van der Waals surface area contributed by atoms with Gasteiger partial charge in [0.1, 0.15) is 19.5 Å². The second-order valence-electron chi connectivity index (χ2n) is 6.06. The molecule has 3 nitrogen and oxygen atoms in total. The molecule has 0 radical (unpaired) electrons. The van der Waals surface area contributed by atoms with Crippen molar-refractivity contribution in [3.8, 4) is 11.5 Å². The van der Waals surface area contributed by atoms with E-state index in [-0.39, 0.29) is 0 Å². The van der Waals surface area contributed by atoms with Gasteiger partial charge in [-0.2, -0.15) is 0 Å². The summed E-state index contributed by atoms with van der Waals surface area (Å²) in [5.74, 6) is 1.54. The normalized spacial score (nSPS) is 15.9. The lowest BCUT2D eigenvalue weighted by atomic mass is 9.78. The minimum atomic E-state index is -0.546. The van der Waals surface area contributed by atoms with Gasteiger partial charge in [-0.1, -0.05) is 35.9 Å². The molecule has 114 valence electrons. The summed E-state index contributed by atoms with van der Waals surface area (Å²) in [5, 5.41) is 0. The molecule has 2 aromatic carbocycles. The number of aldehydes is 1. The first kappa shape index (κ1) is 14.6. The first-order chi connectivity index (χ1) is 10.6. The summed E-state index contributed by atoms with van der Waals surface area (Å²) in [4.78, 5) is 11.8. The molecule has 0 aromatic heterocycles. The van der Waals surface area contributed by atoms with Crippen molar-refractivity contribution in [2.45, 2.75) is 25.7 Å². The first-order valence-corrected chi connectivity index (χ1v) is 7.53. The molecule has 0 aliphatic carbocycles. The van der Waals surface area contributed by atoms with Crippen molar-refractivity contribution in [1.29, 1.82) is 0 Å². The zero-order valence-electron chi connectivity index (χ0n) is 13.0. The molecule has 2 aromatic rings. The van der Waals surface area contributed by atoms with Crippen LogP contribution in [0.3, 0.4) is 0 Å². The Balaban J connectivity index is 1.90. The van der Waals surface area contributed by atoms with E-state index in [9.17, 15) is 4.79 Å². The molecule has 1 aliphatic rings. The summed E-state index contributed by atoms with van der Waals surface area (Å²) in [6.07, 6.45) is 1.68. The smallest absolute Gasteiger partial charge is 0.161 e. The molecule has 0 N–H and O–H groups in total. The summed E-state index contributed by atoms with van der Waals surface area (Å²) < 4.78 is 11.2. The van der Waals surface area contributed by atoms with Crippen LogP contribution in [-0.2, 0) is 16.6 Å². The van der Waals surface area contributed by atoms with Gasteiger partial charge in [0.15, 0.2) is 11.5 Å². The van der Waals surface area contributed by atoms with Gasteiger partial charge in [0.25, 0.3) is 0 Å². The van der Waals surface area contributed by atoms with E-state index in [1.54, 1.807) is 0 Å². The van der Waals surface area contributed by atoms with E-state index in [1.807, 2.05) is 50.2 Å². The van der Waals surface area contributed by atoms with Crippen molar-refractivity contribution in [3.05, 3.63) is 59.2 Å². The van der Waals surface area contributed by atoms with Gasteiger partial charge in [-0.25, -0.2) is 0 Å². The lowest BCUT2D eigenvalue weighted by molar-refractivity contribution is -0.112. The third-order valence-electron chi connectivity index (χ3n) is 4.12. The molecule has 3 rings (SSSR count). The van der Waals surface area contributed by atoms with Crippen LogP contribution in [0.1, 0.15) is 23.6 Å². The molecule has 3 heteroatoms. The number of benzene rings is 2. The Kier molecular flexibility index (Phi) is 3.88. The number of hydrogen-bond acceptors (Lipinski definition) is 3. The molecule has 1 atom stereocenters. The lowest BCUT2D eigenvalue weighted by Gasteiger charge is -2.25. The number of ether oxygens (including phenoxy) is 2. The minimum Gasteiger partial charge on any atom is -0.486 e. The molecule has 0 saturated carbocycles. The molecule has 0 amide bonds.